The van der Waals surface area contributed by atoms with Crippen LogP contribution in [-0.4, -0.2) is 50.0 Å². The predicted octanol–water partition coefficient (Wildman–Crippen LogP) is 6.22. The minimum absolute atomic E-state index is 0.0446. The fraction of sp³-hybridized carbons (Fsp3) is 0.333. The van der Waals surface area contributed by atoms with Crippen LogP contribution < -0.4 is 9.62 Å². The average Bonchev–Trinajstić information content (AvgIpc) is 3.44. The van der Waals surface area contributed by atoms with E-state index in [1.807, 2.05) is 54.6 Å². The Kier molecular flexibility index (Phi) is 10.7. The van der Waals surface area contributed by atoms with Crippen molar-refractivity contribution in [2.24, 2.45) is 0 Å². The minimum Gasteiger partial charge on any atom is -0.352 e. The first-order valence-electron chi connectivity index (χ1n) is 13.3. The molecule has 2 amide bonds. The van der Waals surface area contributed by atoms with Crippen LogP contribution in [0.1, 0.15) is 36.8 Å². The fourth-order valence-electron chi connectivity index (χ4n) is 4.98. The van der Waals surface area contributed by atoms with E-state index in [2.05, 4.69) is 21.2 Å². The van der Waals surface area contributed by atoms with Crippen LogP contribution in [0.2, 0.25) is 10.0 Å². The van der Waals surface area contributed by atoms with Crippen molar-refractivity contribution in [2.45, 2.75) is 50.7 Å². The van der Waals surface area contributed by atoms with E-state index in [0.29, 0.717) is 0 Å². The molecule has 3 aromatic carbocycles. The molecule has 1 fully saturated rings. The number of anilines is 1. The quantitative estimate of drug-likeness (QED) is 0.261. The number of sulfonamides is 1. The molecule has 1 saturated carbocycles. The largest absolute Gasteiger partial charge is 0.352 e. The number of hydrogen-bond acceptors (Lipinski definition) is 4. The van der Waals surface area contributed by atoms with Gasteiger partial charge in [0.25, 0.3) is 0 Å². The Morgan fingerprint density at radius 2 is 1.63 bits per heavy atom. The molecule has 1 unspecified atom stereocenters. The molecule has 0 bridgehead atoms. The Hall–Kier alpha value is -2.59. The van der Waals surface area contributed by atoms with E-state index in [0.717, 1.165) is 51.8 Å². The van der Waals surface area contributed by atoms with Gasteiger partial charge in [-0.05, 0) is 54.3 Å². The van der Waals surface area contributed by atoms with Crippen molar-refractivity contribution < 1.29 is 18.0 Å². The van der Waals surface area contributed by atoms with Crippen molar-refractivity contribution in [3.05, 3.63) is 98.4 Å². The molecule has 11 heteroatoms. The third-order valence-corrected chi connectivity index (χ3v) is 9.30. The van der Waals surface area contributed by atoms with Gasteiger partial charge in [0, 0.05) is 28.5 Å². The molecular weight excluding hydrogens is 649 g/mol. The van der Waals surface area contributed by atoms with Gasteiger partial charge in [0.15, 0.2) is 0 Å². The highest BCUT2D eigenvalue weighted by atomic mass is 79.9. The lowest BCUT2D eigenvalue weighted by molar-refractivity contribution is -0.140. The highest BCUT2D eigenvalue weighted by Crippen LogP contribution is 2.31. The summed E-state index contributed by atoms with van der Waals surface area (Å²) in [4.78, 5) is 29.5. The smallest absolute Gasteiger partial charge is 0.244 e. The first kappa shape index (κ1) is 31.3. The Labute approximate surface area is 260 Å². The number of nitrogens with zero attached hydrogens (tertiary/aromatic N) is 2. The molecule has 41 heavy (non-hydrogen) atoms. The van der Waals surface area contributed by atoms with E-state index in [-0.39, 0.29) is 40.6 Å². The number of amides is 2. The van der Waals surface area contributed by atoms with Gasteiger partial charge in [0.2, 0.25) is 21.8 Å². The van der Waals surface area contributed by atoms with E-state index in [1.165, 1.54) is 17.0 Å². The molecule has 0 spiro atoms. The molecule has 0 heterocycles. The molecular formula is C30H32BrCl2N3O4S. The van der Waals surface area contributed by atoms with Gasteiger partial charge < -0.3 is 10.2 Å². The summed E-state index contributed by atoms with van der Waals surface area (Å²) in [5, 5.41) is 3.56. The predicted molar refractivity (Wildman–Crippen MR) is 168 cm³/mol. The maximum Gasteiger partial charge on any atom is 0.244 e. The molecule has 4 rings (SSSR count). The van der Waals surface area contributed by atoms with E-state index < -0.39 is 28.5 Å². The van der Waals surface area contributed by atoms with Gasteiger partial charge in [0.05, 0.1) is 17.0 Å². The molecule has 0 aromatic heterocycles. The lowest BCUT2D eigenvalue weighted by Crippen LogP contribution is -2.54. The van der Waals surface area contributed by atoms with E-state index >= 15 is 0 Å². The summed E-state index contributed by atoms with van der Waals surface area (Å²) in [6, 6.07) is 20.5. The molecule has 0 radical (unpaired) electrons. The lowest BCUT2D eigenvalue weighted by atomic mass is 10.0. The second-order valence-electron chi connectivity index (χ2n) is 10.2. The Morgan fingerprint density at radius 3 is 2.27 bits per heavy atom. The van der Waals surface area contributed by atoms with Crippen molar-refractivity contribution >= 4 is 66.7 Å². The summed E-state index contributed by atoms with van der Waals surface area (Å²) in [5.41, 5.74) is 1.76. The van der Waals surface area contributed by atoms with Gasteiger partial charge in [-0.15, -0.1) is 0 Å². The number of hydrogen-bond donors (Lipinski definition) is 1. The second kappa shape index (κ2) is 14.1. The van der Waals surface area contributed by atoms with Crippen LogP contribution >= 0.6 is 39.1 Å². The standard InChI is InChI=1S/C30H32BrCl2N3O4S/c1-41(39,40)36(27-18-24(32)15-16-26(27)33)20-29(37)35(19-22-11-13-23(31)14-12-22)28(17-21-7-3-2-4-8-21)30(38)34-25-9-5-6-10-25/h2-4,7-8,11-16,18,25,28H,5-6,9-10,17,19-20H2,1H3,(H,34,38). The van der Waals surface area contributed by atoms with E-state index in [9.17, 15) is 18.0 Å². The summed E-state index contributed by atoms with van der Waals surface area (Å²) < 4.78 is 27.7. The summed E-state index contributed by atoms with van der Waals surface area (Å²) in [7, 11) is -3.95. The highest BCUT2D eigenvalue weighted by molar-refractivity contribution is 9.10. The Bertz CT molecular complexity index is 1470. The van der Waals surface area contributed by atoms with Crippen LogP contribution in [0.4, 0.5) is 5.69 Å². The maximum absolute atomic E-state index is 14.2. The topological polar surface area (TPSA) is 86.8 Å². The minimum atomic E-state index is -3.95. The zero-order valence-corrected chi connectivity index (χ0v) is 26.5. The summed E-state index contributed by atoms with van der Waals surface area (Å²) >= 11 is 16.0. The van der Waals surface area contributed by atoms with Crippen molar-refractivity contribution in [3.8, 4) is 0 Å². The van der Waals surface area contributed by atoms with Crippen molar-refractivity contribution in [3.63, 3.8) is 0 Å². The number of rotatable bonds is 11. The highest BCUT2D eigenvalue weighted by Gasteiger charge is 2.34. The van der Waals surface area contributed by atoms with Gasteiger partial charge >= 0.3 is 0 Å². The normalized spacial score (nSPS) is 14.4. The number of carbonyl (C=O) groups is 2. The van der Waals surface area contributed by atoms with Crippen LogP contribution in [0.5, 0.6) is 0 Å². The van der Waals surface area contributed by atoms with Crippen molar-refractivity contribution in [2.75, 3.05) is 17.1 Å². The third kappa shape index (κ3) is 8.70. The molecule has 0 aliphatic heterocycles. The Morgan fingerprint density at radius 1 is 0.976 bits per heavy atom. The van der Waals surface area contributed by atoms with Gasteiger partial charge in [-0.2, -0.15) is 0 Å². The number of carbonyl (C=O) groups excluding carboxylic acids is 2. The number of halogens is 3. The first-order chi connectivity index (χ1) is 19.5. The van der Waals surface area contributed by atoms with E-state index in [4.69, 9.17) is 23.2 Å². The summed E-state index contributed by atoms with van der Waals surface area (Å²) in [6.45, 7) is -0.458. The second-order valence-corrected chi connectivity index (χ2v) is 13.9. The third-order valence-electron chi connectivity index (χ3n) is 7.09. The SMILES string of the molecule is CS(=O)(=O)N(CC(=O)N(Cc1ccc(Br)cc1)C(Cc1ccccc1)C(=O)NC1CCCC1)c1cc(Cl)ccc1Cl. The van der Waals surface area contributed by atoms with Gasteiger partial charge in [-0.3, -0.25) is 13.9 Å². The van der Waals surface area contributed by atoms with Crippen molar-refractivity contribution in [1.82, 2.24) is 10.2 Å². The maximum atomic E-state index is 14.2. The van der Waals surface area contributed by atoms with Crippen LogP contribution in [0.25, 0.3) is 0 Å². The molecule has 1 N–H and O–H groups in total. The molecule has 1 aliphatic rings. The Balaban J connectivity index is 1.74. The molecule has 0 saturated heterocycles. The summed E-state index contributed by atoms with van der Waals surface area (Å²) in [6.07, 6.45) is 5.13. The number of nitrogens with one attached hydrogen (secondary N) is 1. The zero-order chi connectivity index (χ0) is 29.6. The fourth-order valence-corrected chi connectivity index (χ4v) is 6.53. The van der Waals surface area contributed by atoms with Crippen LogP contribution in [-0.2, 0) is 32.6 Å². The molecule has 3 aromatic rings. The van der Waals surface area contributed by atoms with Crippen LogP contribution in [0.15, 0.2) is 77.3 Å². The van der Waals surface area contributed by atoms with Gasteiger partial charge in [-0.25, -0.2) is 8.42 Å². The molecule has 1 aliphatic carbocycles. The molecule has 218 valence electrons. The summed E-state index contributed by atoms with van der Waals surface area (Å²) in [5.74, 6) is -0.810. The van der Waals surface area contributed by atoms with Gasteiger partial charge in [-0.1, -0.05) is 94.4 Å². The molecule has 1 atom stereocenters. The zero-order valence-electron chi connectivity index (χ0n) is 22.6. The average molecular weight is 681 g/mol. The first-order valence-corrected chi connectivity index (χ1v) is 16.7. The van der Waals surface area contributed by atoms with Gasteiger partial charge in [0.1, 0.15) is 12.6 Å². The van der Waals surface area contributed by atoms with Crippen molar-refractivity contribution in [1.29, 1.82) is 0 Å². The number of benzene rings is 3. The monoisotopic (exact) mass is 679 g/mol. The lowest BCUT2D eigenvalue weighted by Gasteiger charge is -2.34. The van der Waals surface area contributed by atoms with E-state index in [1.54, 1.807) is 6.07 Å². The molecule has 7 nitrogen and oxygen atoms in total. The van der Waals surface area contributed by atoms with Crippen LogP contribution in [0, 0.1) is 0 Å². The van der Waals surface area contributed by atoms with Crippen LogP contribution in [0.3, 0.4) is 0 Å².